The monoisotopic (exact) mass is 470 g/mol. The second-order valence-corrected chi connectivity index (χ2v) is 10.1. The van der Waals surface area contributed by atoms with E-state index in [1.807, 2.05) is 47.9 Å². The number of nitrogens with zero attached hydrogens (tertiary/aromatic N) is 3. The molecule has 8 nitrogen and oxygen atoms in total. The molecule has 0 spiro atoms. The van der Waals surface area contributed by atoms with Crippen molar-refractivity contribution in [3.05, 3.63) is 29.8 Å². The Hall–Kier alpha value is -2.61. The lowest BCUT2D eigenvalue weighted by Gasteiger charge is -2.31. The summed E-state index contributed by atoms with van der Waals surface area (Å²) in [6.45, 7) is 7.68. The molecule has 186 valence electrons. The predicted octanol–water partition coefficient (Wildman–Crippen LogP) is 1.88. The first-order chi connectivity index (χ1) is 16.4. The van der Waals surface area contributed by atoms with E-state index in [2.05, 4.69) is 5.32 Å². The molecule has 0 radical (unpaired) electrons. The minimum Gasteiger partial charge on any atom is -0.497 e. The maximum absolute atomic E-state index is 13.6. The van der Waals surface area contributed by atoms with E-state index in [9.17, 15) is 14.4 Å². The Morgan fingerprint density at radius 1 is 1.15 bits per heavy atom. The number of carbonyl (C=O) groups is 3. The number of nitrogens with one attached hydrogen (secondary N) is 1. The number of hydrogen-bond donors (Lipinski definition) is 1. The number of likely N-dealkylation sites (tertiary alicyclic amines) is 1. The van der Waals surface area contributed by atoms with E-state index in [1.54, 1.807) is 12.0 Å². The van der Waals surface area contributed by atoms with Crippen LogP contribution in [0.5, 0.6) is 5.75 Å². The summed E-state index contributed by atoms with van der Waals surface area (Å²) in [5.41, 5.74) is 0.974. The van der Waals surface area contributed by atoms with Crippen molar-refractivity contribution in [2.24, 2.45) is 11.8 Å². The van der Waals surface area contributed by atoms with Crippen molar-refractivity contribution in [3.63, 3.8) is 0 Å². The summed E-state index contributed by atoms with van der Waals surface area (Å²) in [7, 11) is 1.63. The molecular formula is C26H38N4O4. The lowest BCUT2D eigenvalue weighted by atomic mass is 10.1. The molecule has 2 saturated heterocycles. The van der Waals surface area contributed by atoms with E-state index in [1.165, 1.54) is 0 Å². The number of rotatable bonds is 7. The molecule has 1 aromatic rings. The van der Waals surface area contributed by atoms with Crippen molar-refractivity contribution in [3.8, 4) is 5.75 Å². The summed E-state index contributed by atoms with van der Waals surface area (Å²) in [5.74, 6) is 0.746. The van der Waals surface area contributed by atoms with Gasteiger partial charge in [-0.05, 0) is 49.9 Å². The molecule has 4 rings (SSSR count). The van der Waals surface area contributed by atoms with E-state index in [4.69, 9.17) is 4.74 Å². The van der Waals surface area contributed by atoms with Gasteiger partial charge in [-0.3, -0.25) is 14.4 Å². The number of methoxy groups -OCH3 is 1. The third kappa shape index (κ3) is 5.54. The van der Waals surface area contributed by atoms with Crippen LogP contribution in [0.3, 0.4) is 0 Å². The lowest BCUT2D eigenvalue weighted by Crippen LogP contribution is -2.49. The summed E-state index contributed by atoms with van der Waals surface area (Å²) < 4.78 is 5.37. The highest BCUT2D eigenvalue weighted by atomic mass is 16.5. The smallest absolute Gasteiger partial charge is 0.245 e. The lowest BCUT2D eigenvalue weighted by molar-refractivity contribution is -0.144. The Morgan fingerprint density at radius 2 is 1.94 bits per heavy atom. The molecule has 1 saturated carbocycles. The summed E-state index contributed by atoms with van der Waals surface area (Å²) in [4.78, 5) is 45.7. The molecule has 1 aromatic carbocycles. The summed E-state index contributed by atoms with van der Waals surface area (Å²) in [5, 5.41) is 3.34. The number of carbonyl (C=O) groups excluding carboxylic acids is 3. The summed E-state index contributed by atoms with van der Waals surface area (Å²) in [6.07, 6.45) is 3.19. The average Bonchev–Trinajstić information content (AvgIpc) is 3.64. The second-order valence-electron chi connectivity index (χ2n) is 10.1. The molecule has 34 heavy (non-hydrogen) atoms. The van der Waals surface area contributed by atoms with Crippen molar-refractivity contribution >= 4 is 17.7 Å². The van der Waals surface area contributed by atoms with Crippen LogP contribution in [0, 0.1) is 11.8 Å². The Kier molecular flexibility index (Phi) is 7.76. The molecular weight excluding hydrogens is 432 g/mol. The van der Waals surface area contributed by atoms with Gasteiger partial charge in [0.05, 0.1) is 13.2 Å². The Morgan fingerprint density at radius 3 is 2.65 bits per heavy atom. The van der Waals surface area contributed by atoms with Crippen molar-refractivity contribution < 1.29 is 19.1 Å². The minimum atomic E-state index is -0.496. The maximum atomic E-state index is 13.6. The zero-order valence-corrected chi connectivity index (χ0v) is 20.7. The highest BCUT2D eigenvalue weighted by molar-refractivity contribution is 5.90. The van der Waals surface area contributed by atoms with Crippen LogP contribution in [0.2, 0.25) is 0 Å². The van der Waals surface area contributed by atoms with Crippen molar-refractivity contribution in [1.29, 1.82) is 0 Å². The average molecular weight is 471 g/mol. The van der Waals surface area contributed by atoms with Crippen molar-refractivity contribution in [2.45, 2.75) is 58.2 Å². The van der Waals surface area contributed by atoms with Crippen molar-refractivity contribution in [2.75, 3.05) is 39.8 Å². The first-order valence-corrected chi connectivity index (χ1v) is 12.6. The first-order valence-electron chi connectivity index (χ1n) is 12.6. The maximum Gasteiger partial charge on any atom is 0.245 e. The van der Waals surface area contributed by atoms with E-state index < -0.39 is 6.04 Å². The van der Waals surface area contributed by atoms with Gasteiger partial charge in [-0.1, -0.05) is 26.0 Å². The SMILES string of the molecule is COc1cccc(CN(C(=O)C(C)C)C2CC(C(=O)N3CCCNCC3)N(C(=O)C3CC3)C2)c1. The van der Waals surface area contributed by atoms with Gasteiger partial charge in [-0.15, -0.1) is 0 Å². The van der Waals surface area contributed by atoms with Crippen molar-refractivity contribution in [1.82, 2.24) is 20.0 Å². The fourth-order valence-corrected chi connectivity index (χ4v) is 5.05. The molecule has 0 aromatic heterocycles. The van der Waals surface area contributed by atoms with Gasteiger partial charge in [0.1, 0.15) is 11.8 Å². The van der Waals surface area contributed by atoms with Crippen LogP contribution < -0.4 is 10.1 Å². The molecule has 2 unspecified atom stereocenters. The normalized spacial score (nSPS) is 23.1. The van der Waals surface area contributed by atoms with Crippen LogP contribution in [0.1, 0.15) is 45.1 Å². The summed E-state index contributed by atoms with van der Waals surface area (Å²) >= 11 is 0. The Labute approximate surface area is 202 Å². The summed E-state index contributed by atoms with van der Waals surface area (Å²) in [6, 6.07) is 7.04. The third-order valence-corrected chi connectivity index (χ3v) is 7.13. The van der Waals surface area contributed by atoms with Crippen LogP contribution in [0.4, 0.5) is 0 Å². The molecule has 2 aliphatic heterocycles. The molecule has 0 bridgehead atoms. The minimum absolute atomic E-state index is 0.0264. The van der Waals surface area contributed by atoms with Crippen LogP contribution in [0.25, 0.3) is 0 Å². The van der Waals surface area contributed by atoms with Crippen LogP contribution >= 0.6 is 0 Å². The topological polar surface area (TPSA) is 82.2 Å². The fraction of sp³-hybridized carbons (Fsp3) is 0.654. The van der Waals surface area contributed by atoms with Crippen LogP contribution in [-0.2, 0) is 20.9 Å². The number of hydrogen-bond acceptors (Lipinski definition) is 5. The van der Waals surface area contributed by atoms with E-state index in [-0.39, 0.29) is 35.6 Å². The van der Waals surface area contributed by atoms with Gasteiger partial charge in [0, 0.05) is 44.6 Å². The van der Waals surface area contributed by atoms with Crippen LogP contribution in [0.15, 0.2) is 24.3 Å². The van der Waals surface area contributed by atoms with Crippen LogP contribution in [-0.4, -0.2) is 84.3 Å². The van der Waals surface area contributed by atoms with Gasteiger partial charge in [-0.25, -0.2) is 0 Å². The van der Waals surface area contributed by atoms with Gasteiger partial charge in [0.15, 0.2) is 0 Å². The van der Waals surface area contributed by atoms with E-state index in [0.717, 1.165) is 43.7 Å². The van der Waals surface area contributed by atoms with Gasteiger partial charge in [0.25, 0.3) is 0 Å². The van der Waals surface area contributed by atoms with E-state index >= 15 is 0 Å². The number of ether oxygens (including phenoxy) is 1. The Balaban J connectivity index is 1.58. The zero-order valence-electron chi connectivity index (χ0n) is 20.7. The number of benzene rings is 1. The molecule has 1 aliphatic carbocycles. The fourth-order valence-electron chi connectivity index (χ4n) is 5.05. The largest absolute Gasteiger partial charge is 0.497 e. The zero-order chi connectivity index (χ0) is 24.2. The highest BCUT2D eigenvalue weighted by Gasteiger charge is 2.47. The number of amides is 3. The Bertz CT molecular complexity index is 893. The van der Waals surface area contributed by atoms with Gasteiger partial charge < -0.3 is 24.8 Å². The predicted molar refractivity (Wildman–Crippen MR) is 129 cm³/mol. The quantitative estimate of drug-likeness (QED) is 0.658. The molecule has 3 fully saturated rings. The van der Waals surface area contributed by atoms with Gasteiger partial charge >= 0.3 is 0 Å². The van der Waals surface area contributed by atoms with Gasteiger partial charge in [-0.2, -0.15) is 0 Å². The highest BCUT2D eigenvalue weighted by Crippen LogP contribution is 2.35. The molecule has 2 atom stereocenters. The van der Waals surface area contributed by atoms with E-state index in [0.29, 0.717) is 32.6 Å². The molecule has 8 heteroatoms. The third-order valence-electron chi connectivity index (χ3n) is 7.13. The first kappa shape index (κ1) is 24.5. The molecule has 1 N–H and O–H groups in total. The van der Waals surface area contributed by atoms with Gasteiger partial charge in [0.2, 0.25) is 17.7 Å². The molecule has 3 aliphatic rings. The molecule has 3 amide bonds. The standard InChI is InChI=1S/C26H38N4O4/c1-18(2)24(31)29(16-19-6-4-7-22(14-19)34-3)21-15-23(30(17-21)25(32)20-8-9-20)26(33)28-12-5-10-27-11-13-28/h4,6-7,14,18,20-21,23,27H,5,8-13,15-17H2,1-3H3. The second kappa shape index (κ2) is 10.8. The molecule has 2 heterocycles.